The molecule has 166 valence electrons. The molecule has 0 saturated heterocycles. The van der Waals surface area contributed by atoms with Crippen LogP contribution in [0.1, 0.15) is 28.8 Å². The molecule has 0 fully saturated rings. The fraction of sp³-hybridized carbons (Fsp3) is 0.300. The first-order valence-corrected chi connectivity index (χ1v) is 9.32. The lowest BCUT2D eigenvalue weighted by molar-refractivity contribution is -0.167. The van der Waals surface area contributed by atoms with E-state index in [0.717, 1.165) is 12.1 Å². The van der Waals surface area contributed by atoms with Gasteiger partial charge in [0.1, 0.15) is 24.3 Å². The van der Waals surface area contributed by atoms with E-state index >= 15 is 0 Å². The Morgan fingerprint density at radius 2 is 2.09 bits per heavy atom. The minimum Gasteiger partial charge on any atom is -0.451 e. The molecule has 4 rings (SSSR count). The standard InChI is InChI=1S/C20H15F5N6O/c21-9-19(5-16(20(23,24)25)31-18(27)32-19)12-4-15-11(3-13(12)22)8-29-17(30-15)14-2-1-10(6-26)7-28-14/h1-4,7,16H,5,8-9H2,(H2,27,31)(H,29,30)/t16-,19+/m0/s1. The van der Waals surface area contributed by atoms with Crippen LogP contribution in [0.25, 0.3) is 0 Å². The van der Waals surface area contributed by atoms with Crippen LogP contribution in [0.4, 0.5) is 27.6 Å². The zero-order valence-electron chi connectivity index (χ0n) is 16.2. The first-order chi connectivity index (χ1) is 15.1. The van der Waals surface area contributed by atoms with Crippen molar-refractivity contribution in [3.8, 4) is 6.07 Å². The number of nitrogens with zero attached hydrogens (tertiary/aromatic N) is 4. The van der Waals surface area contributed by atoms with Crippen molar-refractivity contribution in [1.82, 2.24) is 10.3 Å². The number of rotatable bonds is 3. The smallest absolute Gasteiger partial charge is 0.411 e. The number of hydrogen-bond acceptors (Lipinski definition) is 7. The normalized spacial score (nSPS) is 22.6. The number of alkyl halides is 4. The maximum Gasteiger partial charge on any atom is 0.411 e. The fourth-order valence-electron chi connectivity index (χ4n) is 3.57. The van der Waals surface area contributed by atoms with E-state index in [1.165, 1.54) is 12.3 Å². The van der Waals surface area contributed by atoms with Gasteiger partial charge < -0.3 is 15.8 Å². The van der Waals surface area contributed by atoms with Crippen LogP contribution < -0.4 is 11.1 Å². The summed E-state index contributed by atoms with van der Waals surface area (Å²) in [6.45, 7) is -1.32. The van der Waals surface area contributed by atoms with Gasteiger partial charge in [0.15, 0.2) is 17.5 Å². The van der Waals surface area contributed by atoms with E-state index in [1.807, 2.05) is 6.07 Å². The molecule has 0 saturated carbocycles. The molecule has 0 amide bonds. The third-order valence-electron chi connectivity index (χ3n) is 5.17. The number of nitrogens with two attached hydrogens (primary N) is 1. The molecule has 0 unspecified atom stereocenters. The Hall–Kier alpha value is -3.75. The van der Waals surface area contributed by atoms with Crippen molar-refractivity contribution in [2.75, 3.05) is 6.67 Å². The van der Waals surface area contributed by atoms with Crippen LogP contribution >= 0.6 is 0 Å². The minimum atomic E-state index is -4.81. The number of pyridine rings is 1. The van der Waals surface area contributed by atoms with Crippen molar-refractivity contribution in [2.45, 2.75) is 30.8 Å². The van der Waals surface area contributed by atoms with Crippen LogP contribution in [0.2, 0.25) is 0 Å². The largest absolute Gasteiger partial charge is 0.451 e. The quantitative estimate of drug-likeness (QED) is 0.699. The number of halogens is 5. The third kappa shape index (κ3) is 3.81. The predicted octanol–water partition coefficient (Wildman–Crippen LogP) is 3.10. The highest BCUT2D eigenvalue weighted by molar-refractivity contribution is 5.99. The number of nitrogens with one attached hydrogen (secondary N) is 1. The minimum absolute atomic E-state index is 0.144. The second-order valence-corrected chi connectivity index (χ2v) is 7.28. The van der Waals surface area contributed by atoms with Crippen molar-refractivity contribution in [2.24, 2.45) is 15.7 Å². The Kier molecular flexibility index (Phi) is 5.20. The Labute approximate surface area is 178 Å². The average Bonchev–Trinajstić information content (AvgIpc) is 2.77. The predicted molar refractivity (Wildman–Crippen MR) is 103 cm³/mol. The van der Waals surface area contributed by atoms with Gasteiger partial charge in [-0.1, -0.05) is 0 Å². The van der Waals surface area contributed by atoms with Gasteiger partial charge in [0.05, 0.1) is 11.3 Å². The van der Waals surface area contributed by atoms with Crippen LogP contribution in [-0.4, -0.2) is 35.7 Å². The van der Waals surface area contributed by atoms with Gasteiger partial charge in [0.25, 0.3) is 6.02 Å². The maximum absolute atomic E-state index is 14.9. The van der Waals surface area contributed by atoms with E-state index < -0.39 is 48.3 Å². The van der Waals surface area contributed by atoms with Crippen LogP contribution in [0.3, 0.4) is 0 Å². The highest BCUT2D eigenvalue weighted by atomic mass is 19.4. The van der Waals surface area contributed by atoms with Gasteiger partial charge in [-0.2, -0.15) is 18.4 Å². The van der Waals surface area contributed by atoms with Crippen molar-refractivity contribution in [3.05, 3.63) is 58.7 Å². The Morgan fingerprint density at radius 3 is 2.72 bits per heavy atom. The number of amidine groups is 2. The molecule has 1 aromatic carbocycles. The Morgan fingerprint density at radius 1 is 1.31 bits per heavy atom. The molecule has 0 aliphatic carbocycles. The molecule has 3 N–H and O–H groups in total. The fourth-order valence-corrected chi connectivity index (χ4v) is 3.57. The first kappa shape index (κ1) is 21.5. The molecule has 0 radical (unpaired) electrons. The van der Waals surface area contributed by atoms with Crippen molar-refractivity contribution in [3.63, 3.8) is 0 Å². The summed E-state index contributed by atoms with van der Waals surface area (Å²) in [6, 6.07) is 4.03. The van der Waals surface area contributed by atoms with E-state index in [2.05, 4.69) is 20.3 Å². The molecule has 1 aromatic heterocycles. The number of hydrogen-bond donors (Lipinski definition) is 2. The highest BCUT2D eigenvalue weighted by Gasteiger charge is 2.52. The van der Waals surface area contributed by atoms with Crippen molar-refractivity contribution in [1.29, 1.82) is 5.26 Å². The van der Waals surface area contributed by atoms with Gasteiger partial charge >= 0.3 is 6.18 Å². The van der Waals surface area contributed by atoms with Crippen LogP contribution in [-0.2, 0) is 16.9 Å². The van der Waals surface area contributed by atoms with Crippen molar-refractivity contribution >= 4 is 17.5 Å². The Balaban J connectivity index is 1.77. The topological polar surface area (TPSA) is 109 Å². The Bertz CT molecular complexity index is 1150. The molecule has 2 aliphatic rings. The zero-order valence-corrected chi connectivity index (χ0v) is 16.2. The number of nitriles is 1. The van der Waals surface area contributed by atoms with Gasteiger partial charge in [0.2, 0.25) is 0 Å². The van der Waals surface area contributed by atoms with Gasteiger partial charge in [-0.3, -0.25) is 4.98 Å². The average molecular weight is 450 g/mol. The van der Waals surface area contributed by atoms with E-state index in [4.69, 9.17) is 15.7 Å². The summed E-state index contributed by atoms with van der Waals surface area (Å²) < 4.78 is 74.1. The van der Waals surface area contributed by atoms with E-state index in [-0.39, 0.29) is 12.2 Å². The van der Waals surface area contributed by atoms with Crippen molar-refractivity contribution < 1.29 is 26.7 Å². The van der Waals surface area contributed by atoms with Gasteiger partial charge in [0, 0.05) is 24.7 Å². The summed E-state index contributed by atoms with van der Waals surface area (Å²) >= 11 is 0. The molecule has 2 aromatic rings. The number of benzene rings is 1. The summed E-state index contributed by atoms with van der Waals surface area (Å²) in [4.78, 5) is 11.7. The SMILES string of the molecule is N#Cc1ccc(C2=Nc3cc([C@]4(CF)C[C@@H](C(F)(F)F)N=C(N)O4)c(F)cc3CN2)nc1. The molecule has 3 heterocycles. The summed E-state index contributed by atoms with van der Waals surface area (Å²) in [5.74, 6) is -0.651. The number of aromatic nitrogens is 1. The van der Waals surface area contributed by atoms with Gasteiger partial charge in [-0.25, -0.2) is 18.8 Å². The molecule has 2 atom stereocenters. The van der Waals surface area contributed by atoms with Gasteiger partial charge in [-0.05, 0) is 29.8 Å². The van der Waals surface area contributed by atoms with Gasteiger partial charge in [-0.15, -0.1) is 0 Å². The van der Waals surface area contributed by atoms with Crippen LogP contribution in [0.15, 0.2) is 40.4 Å². The van der Waals surface area contributed by atoms with E-state index in [0.29, 0.717) is 22.7 Å². The molecule has 0 bridgehead atoms. The lowest BCUT2D eigenvalue weighted by Crippen LogP contribution is -2.48. The number of fused-ring (bicyclic) bond motifs is 1. The molecule has 0 spiro atoms. The number of aliphatic imine (C=N–C) groups is 2. The summed E-state index contributed by atoms with van der Waals surface area (Å²) in [5.41, 5.74) is 3.99. The summed E-state index contributed by atoms with van der Waals surface area (Å²) in [6.07, 6.45) is -4.44. The zero-order chi connectivity index (χ0) is 23.1. The lowest BCUT2D eigenvalue weighted by Gasteiger charge is -2.38. The number of ether oxygens (including phenoxy) is 1. The van der Waals surface area contributed by atoms with Crippen LogP contribution in [0, 0.1) is 17.1 Å². The second-order valence-electron chi connectivity index (χ2n) is 7.28. The summed E-state index contributed by atoms with van der Waals surface area (Å²) in [7, 11) is 0. The summed E-state index contributed by atoms with van der Waals surface area (Å²) in [5, 5.41) is 11.8. The van der Waals surface area contributed by atoms with E-state index in [9.17, 15) is 22.0 Å². The highest BCUT2D eigenvalue weighted by Crippen LogP contribution is 2.43. The lowest BCUT2D eigenvalue weighted by atomic mass is 9.85. The third-order valence-corrected chi connectivity index (χ3v) is 5.17. The molecular weight excluding hydrogens is 435 g/mol. The maximum atomic E-state index is 14.9. The molecule has 2 aliphatic heterocycles. The van der Waals surface area contributed by atoms with E-state index in [1.54, 1.807) is 6.07 Å². The monoisotopic (exact) mass is 450 g/mol. The molecular formula is C20H15F5N6O. The molecule has 7 nitrogen and oxygen atoms in total. The molecule has 32 heavy (non-hydrogen) atoms. The van der Waals surface area contributed by atoms with Crippen LogP contribution in [0.5, 0.6) is 0 Å². The second kappa shape index (κ2) is 7.74. The molecule has 12 heteroatoms. The first-order valence-electron chi connectivity index (χ1n) is 9.32.